The Balaban J connectivity index is 1.64. The smallest absolute Gasteiger partial charge is 0.259 e. The molecule has 1 heterocycles. The van der Waals surface area contributed by atoms with Gasteiger partial charge < -0.3 is 14.6 Å². The van der Waals surface area contributed by atoms with Crippen molar-refractivity contribution in [3.63, 3.8) is 0 Å². The summed E-state index contributed by atoms with van der Waals surface area (Å²) in [7, 11) is 1.56. The Morgan fingerprint density at radius 3 is 2.57 bits per heavy atom. The van der Waals surface area contributed by atoms with Crippen LogP contribution in [0.3, 0.4) is 0 Å². The van der Waals surface area contributed by atoms with Crippen LogP contribution >= 0.6 is 0 Å². The SMILES string of the molecule is COc1ccc(-c2ccccc2)cc1C(=O)Nc1cccc(-n2ccnc2)c1. The molecule has 4 rings (SSSR count). The van der Waals surface area contributed by atoms with Gasteiger partial charge in [-0.2, -0.15) is 0 Å². The summed E-state index contributed by atoms with van der Waals surface area (Å²) in [5.74, 6) is 0.306. The van der Waals surface area contributed by atoms with Crippen LogP contribution in [0.2, 0.25) is 0 Å². The van der Waals surface area contributed by atoms with E-state index >= 15 is 0 Å². The quantitative estimate of drug-likeness (QED) is 0.550. The van der Waals surface area contributed by atoms with Gasteiger partial charge in [0.25, 0.3) is 5.91 Å². The molecular weight excluding hydrogens is 350 g/mol. The molecule has 5 heteroatoms. The fourth-order valence-corrected chi connectivity index (χ4v) is 3.05. The monoisotopic (exact) mass is 369 g/mol. The summed E-state index contributed by atoms with van der Waals surface area (Å²) in [6.45, 7) is 0. The van der Waals surface area contributed by atoms with E-state index in [9.17, 15) is 4.79 Å². The molecule has 1 N–H and O–H groups in total. The van der Waals surface area contributed by atoms with Gasteiger partial charge in [-0.1, -0.05) is 42.5 Å². The third-order valence-electron chi connectivity index (χ3n) is 4.46. The highest BCUT2D eigenvalue weighted by molar-refractivity contribution is 6.07. The Morgan fingerprint density at radius 1 is 0.964 bits per heavy atom. The van der Waals surface area contributed by atoms with Crippen molar-refractivity contribution in [2.45, 2.75) is 0 Å². The minimum atomic E-state index is -0.225. The zero-order valence-corrected chi connectivity index (χ0v) is 15.4. The van der Waals surface area contributed by atoms with Crippen molar-refractivity contribution in [2.24, 2.45) is 0 Å². The number of carbonyl (C=O) groups is 1. The van der Waals surface area contributed by atoms with Gasteiger partial charge in [0, 0.05) is 23.8 Å². The first-order chi connectivity index (χ1) is 13.7. The lowest BCUT2D eigenvalue weighted by molar-refractivity contribution is 0.102. The van der Waals surface area contributed by atoms with Gasteiger partial charge in [0.15, 0.2) is 0 Å². The van der Waals surface area contributed by atoms with Crippen LogP contribution in [0.5, 0.6) is 5.75 Å². The zero-order valence-electron chi connectivity index (χ0n) is 15.4. The van der Waals surface area contributed by atoms with E-state index in [2.05, 4.69) is 10.3 Å². The number of anilines is 1. The van der Waals surface area contributed by atoms with E-state index in [0.717, 1.165) is 16.8 Å². The van der Waals surface area contributed by atoms with Gasteiger partial charge in [-0.25, -0.2) is 4.98 Å². The summed E-state index contributed by atoms with van der Waals surface area (Å²) in [5.41, 5.74) is 4.10. The second kappa shape index (κ2) is 7.80. The highest BCUT2D eigenvalue weighted by Gasteiger charge is 2.14. The van der Waals surface area contributed by atoms with Crippen LogP contribution in [0.1, 0.15) is 10.4 Å². The molecule has 1 amide bonds. The molecule has 0 radical (unpaired) electrons. The molecule has 0 aliphatic carbocycles. The lowest BCUT2D eigenvalue weighted by Gasteiger charge is -2.12. The summed E-state index contributed by atoms with van der Waals surface area (Å²) in [6, 6.07) is 23.1. The van der Waals surface area contributed by atoms with Gasteiger partial charge in [-0.05, 0) is 41.5 Å². The molecule has 5 nitrogen and oxygen atoms in total. The van der Waals surface area contributed by atoms with E-state index in [1.165, 1.54) is 0 Å². The average Bonchev–Trinajstić information content (AvgIpc) is 3.29. The Bertz CT molecular complexity index is 1090. The first kappa shape index (κ1) is 17.5. The Labute approximate surface area is 163 Å². The summed E-state index contributed by atoms with van der Waals surface area (Å²) in [4.78, 5) is 17.0. The van der Waals surface area contributed by atoms with Gasteiger partial charge in [0.05, 0.1) is 19.0 Å². The molecule has 0 fully saturated rings. The Hall–Kier alpha value is -3.86. The van der Waals surface area contributed by atoms with Crippen molar-refractivity contribution in [2.75, 3.05) is 12.4 Å². The van der Waals surface area contributed by atoms with Gasteiger partial charge in [-0.3, -0.25) is 4.79 Å². The fourth-order valence-electron chi connectivity index (χ4n) is 3.05. The van der Waals surface area contributed by atoms with E-state index in [1.54, 1.807) is 19.6 Å². The van der Waals surface area contributed by atoms with E-state index in [-0.39, 0.29) is 5.91 Å². The van der Waals surface area contributed by atoms with Crippen molar-refractivity contribution in [1.29, 1.82) is 0 Å². The number of methoxy groups -OCH3 is 1. The Kier molecular flexibility index (Phi) is 4.89. The number of benzene rings is 3. The molecule has 3 aromatic carbocycles. The number of imidazole rings is 1. The molecule has 0 saturated heterocycles. The summed E-state index contributed by atoms with van der Waals surface area (Å²) in [5, 5.41) is 2.96. The second-order valence-corrected chi connectivity index (χ2v) is 6.26. The lowest BCUT2D eigenvalue weighted by Crippen LogP contribution is -2.13. The number of hydrogen-bond acceptors (Lipinski definition) is 3. The van der Waals surface area contributed by atoms with E-state index in [0.29, 0.717) is 17.0 Å². The second-order valence-electron chi connectivity index (χ2n) is 6.26. The molecule has 4 aromatic rings. The molecule has 138 valence electrons. The zero-order chi connectivity index (χ0) is 19.3. The van der Waals surface area contributed by atoms with Gasteiger partial charge in [0.1, 0.15) is 5.75 Å². The normalized spacial score (nSPS) is 10.5. The fraction of sp³-hybridized carbons (Fsp3) is 0.0435. The number of aromatic nitrogens is 2. The molecule has 0 spiro atoms. The predicted octanol–water partition coefficient (Wildman–Crippen LogP) is 4.80. The highest BCUT2D eigenvalue weighted by atomic mass is 16.5. The van der Waals surface area contributed by atoms with Crippen LogP contribution in [0.25, 0.3) is 16.8 Å². The number of ether oxygens (including phenoxy) is 1. The molecule has 0 unspecified atom stereocenters. The van der Waals surface area contributed by atoms with Gasteiger partial charge in [0.2, 0.25) is 0 Å². The minimum Gasteiger partial charge on any atom is -0.496 e. The van der Waals surface area contributed by atoms with Gasteiger partial charge in [-0.15, -0.1) is 0 Å². The number of carbonyl (C=O) groups excluding carboxylic acids is 1. The maximum Gasteiger partial charge on any atom is 0.259 e. The standard InChI is InChI=1S/C23H19N3O2/c1-28-22-11-10-18(17-6-3-2-4-7-17)14-21(22)23(27)25-19-8-5-9-20(15-19)26-13-12-24-16-26/h2-16H,1H3,(H,25,27). The molecule has 28 heavy (non-hydrogen) atoms. The number of rotatable bonds is 5. The van der Waals surface area contributed by atoms with Crippen LogP contribution in [-0.2, 0) is 0 Å². The van der Waals surface area contributed by atoms with Crippen LogP contribution in [0.4, 0.5) is 5.69 Å². The maximum absolute atomic E-state index is 13.0. The topological polar surface area (TPSA) is 56.1 Å². The number of nitrogens with zero attached hydrogens (tertiary/aromatic N) is 2. The first-order valence-corrected chi connectivity index (χ1v) is 8.88. The van der Waals surface area contributed by atoms with Crippen molar-refractivity contribution < 1.29 is 9.53 Å². The van der Waals surface area contributed by atoms with E-state index in [1.807, 2.05) is 83.6 Å². The lowest BCUT2D eigenvalue weighted by atomic mass is 10.0. The van der Waals surface area contributed by atoms with Gasteiger partial charge >= 0.3 is 0 Å². The number of hydrogen-bond donors (Lipinski definition) is 1. The highest BCUT2D eigenvalue weighted by Crippen LogP contribution is 2.27. The summed E-state index contributed by atoms with van der Waals surface area (Å²) < 4.78 is 7.29. The van der Waals surface area contributed by atoms with E-state index < -0.39 is 0 Å². The molecule has 0 saturated carbocycles. The number of nitrogens with one attached hydrogen (secondary N) is 1. The first-order valence-electron chi connectivity index (χ1n) is 8.88. The Morgan fingerprint density at radius 2 is 1.82 bits per heavy atom. The molecular formula is C23H19N3O2. The van der Waals surface area contributed by atoms with Crippen molar-refractivity contribution in [3.8, 4) is 22.6 Å². The van der Waals surface area contributed by atoms with E-state index in [4.69, 9.17) is 4.74 Å². The van der Waals surface area contributed by atoms with Crippen LogP contribution < -0.4 is 10.1 Å². The van der Waals surface area contributed by atoms with Crippen LogP contribution in [0.15, 0.2) is 91.5 Å². The van der Waals surface area contributed by atoms with Crippen molar-refractivity contribution >= 4 is 11.6 Å². The van der Waals surface area contributed by atoms with Crippen molar-refractivity contribution in [1.82, 2.24) is 9.55 Å². The molecule has 0 atom stereocenters. The van der Waals surface area contributed by atoms with Crippen molar-refractivity contribution in [3.05, 3.63) is 97.1 Å². The largest absolute Gasteiger partial charge is 0.496 e. The molecule has 0 aliphatic rings. The minimum absolute atomic E-state index is 0.225. The molecule has 0 aliphatic heterocycles. The predicted molar refractivity (Wildman–Crippen MR) is 110 cm³/mol. The third kappa shape index (κ3) is 3.64. The average molecular weight is 369 g/mol. The van der Waals surface area contributed by atoms with Crippen LogP contribution in [0, 0.1) is 0 Å². The summed E-state index contributed by atoms with van der Waals surface area (Å²) in [6.07, 6.45) is 5.28. The number of amides is 1. The molecule has 1 aromatic heterocycles. The molecule has 0 bridgehead atoms. The van der Waals surface area contributed by atoms with Crippen LogP contribution in [-0.4, -0.2) is 22.6 Å². The maximum atomic E-state index is 13.0. The third-order valence-corrected chi connectivity index (χ3v) is 4.46. The summed E-state index contributed by atoms with van der Waals surface area (Å²) >= 11 is 0.